The standard InChI is InChI=1S/C49H53ClF2N8O6/c1-27-40-38(24-35(51)43(50)42(40)41-34(45(53)62)15-16-37(65-3)44(41)52)66-49(27,30-7-5-4-6-8-30)26-55-31-11-9-29(10-12-31)47(63)59-20-17-28(18-21-59)25-54-32-13-14-33-36(23-32)58(2)57-46(33)60-22-19-39(61)56-48(60)64/h4-8,13-16,23-24,27-29,31,54-55H,9-12,17-22,25-26H2,1-3H3,(H2,53,62)(H,56,61,64)/t27-,29?,31?,49-/m0/s1. The third-order valence-electron chi connectivity index (χ3n) is 14.1. The summed E-state index contributed by atoms with van der Waals surface area (Å²) < 4.78 is 45.7. The van der Waals surface area contributed by atoms with Crippen LogP contribution in [0.15, 0.2) is 66.7 Å². The van der Waals surface area contributed by atoms with Gasteiger partial charge in [0.25, 0.3) is 0 Å². The second-order valence-electron chi connectivity index (χ2n) is 17.9. The van der Waals surface area contributed by atoms with Gasteiger partial charge in [-0.25, -0.2) is 13.6 Å². The summed E-state index contributed by atoms with van der Waals surface area (Å²) >= 11 is 6.69. The van der Waals surface area contributed by atoms with Gasteiger partial charge >= 0.3 is 6.03 Å². The van der Waals surface area contributed by atoms with Crippen molar-refractivity contribution in [3.63, 3.8) is 0 Å². The van der Waals surface area contributed by atoms with E-state index in [-0.39, 0.29) is 70.0 Å². The molecule has 2 atom stereocenters. The zero-order chi connectivity index (χ0) is 46.4. The molecule has 0 spiro atoms. The molecule has 17 heteroatoms. The van der Waals surface area contributed by atoms with Gasteiger partial charge in [0.15, 0.2) is 23.0 Å². The Morgan fingerprint density at radius 3 is 2.42 bits per heavy atom. The number of hydrogen-bond donors (Lipinski definition) is 4. The molecule has 9 rings (SSSR count). The molecule has 5 amide bonds. The summed E-state index contributed by atoms with van der Waals surface area (Å²) in [4.78, 5) is 54.2. The normalized spacial score (nSPS) is 22.2. The molecule has 14 nitrogen and oxygen atoms in total. The first-order valence-corrected chi connectivity index (χ1v) is 22.9. The number of piperidine rings is 1. The van der Waals surface area contributed by atoms with Gasteiger partial charge in [0.05, 0.1) is 23.2 Å². The first-order chi connectivity index (χ1) is 31.8. The van der Waals surface area contributed by atoms with Crippen LogP contribution in [0.3, 0.4) is 0 Å². The highest BCUT2D eigenvalue weighted by Gasteiger charge is 2.50. The first-order valence-electron chi connectivity index (χ1n) is 22.5. The van der Waals surface area contributed by atoms with Gasteiger partial charge in [-0.3, -0.25) is 29.3 Å². The van der Waals surface area contributed by atoms with Gasteiger partial charge in [0.2, 0.25) is 17.7 Å². The number of fused-ring (bicyclic) bond motifs is 2. The lowest BCUT2D eigenvalue weighted by molar-refractivity contribution is -0.138. The molecule has 346 valence electrons. The summed E-state index contributed by atoms with van der Waals surface area (Å²) in [5, 5.41) is 14.7. The zero-order valence-electron chi connectivity index (χ0n) is 37.1. The third kappa shape index (κ3) is 8.18. The number of imide groups is 1. The fourth-order valence-corrected chi connectivity index (χ4v) is 10.7. The molecule has 0 unspecified atom stereocenters. The number of urea groups is 1. The van der Waals surface area contributed by atoms with E-state index in [4.69, 9.17) is 26.8 Å². The molecule has 3 fully saturated rings. The number of nitrogens with zero attached hydrogens (tertiary/aromatic N) is 4. The van der Waals surface area contributed by atoms with Crippen molar-refractivity contribution in [3.05, 3.63) is 100 Å². The van der Waals surface area contributed by atoms with Crippen molar-refractivity contribution in [1.29, 1.82) is 0 Å². The van der Waals surface area contributed by atoms with E-state index in [2.05, 4.69) is 21.0 Å². The Hall–Kier alpha value is -6.26. The lowest BCUT2D eigenvalue weighted by atomic mass is 9.77. The Labute approximate surface area is 386 Å². The average molecular weight is 923 g/mol. The van der Waals surface area contributed by atoms with Crippen LogP contribution >= 0.6 is 11.6 Å². The molecule has 0 radical (unpaired) electrons. The predicted molar refractivity (Wildman–Crippen MR) is 247 cm³/mol. The quantitative estimate of drug-likeness (QED) is 0.0983. The van der Waals surface area contributed by atoms with Crippen LogP contribution in [-0.2, 0) is 22.2 Å². The van der Waals surface area contributed by atoms with Crippen LogP contribution in [0.4, 0.5) is 25.1 Å². The predicted octanol–water partition coefficient (Wildman–Crippen LogP) is 7.62. The maximum absolute atomic E-state index is 16.2. The van der Waals surface area contributed by atoms with Gasteiger partial charge in [-0.1, -0.05) is 48.9 Å². The number of anilines is 2. The third-order valence-corrected chi connectivity index (χ3v) is 14.5. The van der Waals surface area contributed by atoms with Crippen LogP contribution in [0.25, 0.3) is 22.0 Å². The molecule has 1 aromatic heterocycles. The van der Waals surface area contributed by atoms with Gasteiger partial charge < -0.3 is 30.7 Å². The topological polar surface area (TPSA) is 173 Å². The highest BCUT2D eigenvalue weighted by atomic mass is 35.5. The van der Waals surface area contributed by atoms with Crippen LogP contribution in [0.5, 0.6) is 11.5 Å². The number of primary amides is 1. The number of amides is 5. The number of ether oxygens (including phenoxy) is 2. The number of likely N-dealkylation sites (tertiary alicyclic amines) is 1. The number of benzene rings is 4. The van der Waals surface area contributed by atoms with Gasteiger partial charge in [-0.15, -0.1) is 0 Å². The Morgan fingerprint density at radius 1 is 0.985 bits per heavy atom. The van der Waals surface area contributed by atoms with E-state index in [0.29, 0.717) is 36.9 Å². The molecule has 2 saturated heterocycles. The minimum atomic E-state index is -1.07. The molecule has 4 aliphatic rings. The molecule has 66 heavy (non-hydrogen) atoms. The molecular weight excluding hydrogens is 870 g/mol. The Morgan fingerprint density at radius 2 is 1.73 bits per heavy atom. The summed E-state index contributed by atoms with van der Waals surface area (Å²) in [6.45, 7) is 4.70. The van der Waals surface area contributed by atoms with Crippen LogP contribution in [0, 0.1) is 23.5 Å². The Bertz CT molecular complexity index is 2720. The smallest absolute Gasteiger partial charge is 0.329 e. The molecule has 5 N–H and O–H groups in total. The average Bonchev–Trinajstić information content (AvgIpc) is 3.80. The number of aryl methyl sites for hydroxylation is 1. The van der Waals surface area contributed by atoms with Gasteiger partial charge in [-0.05, 0) is 80.3 Å². The van der Waals surface area contributed by atoms with E-state index in [1.54, 1.807) is 4.68 Å². The number of aromatic nitrogens is 2. The summed E-state index contributed by atoms with van der Waals surface area (Å²) in [5.74, 6) is -2.34. The maximum atomic E-state index is 16.2. The number of carbonyl (C=O) groups excluding carboxylic acids is 4. The molecule has 0 bridgehead atoms. The lowest BCUT2D eigenvalue weighted by Gasteiger charge is -2.38. The Balaban J connectivity index is 0.818. The van der Waals surface area contributed by atoms with E-state index in [1.807, 2.05) is 67.4 Å². The second-order valence-corrected chi connectivity index (χ2v) is 18.3. The summed E-state index contributed by atoms with van der Waals surface area (Å²) in [6, 6.07) is 19.0. The van der Waals surface area contributed by atoms with Gasteiger partial charge in [-0.2, -0.15) is 5.10 Å². The molecule has 1 aliphatic carbocycles. The molecule has 5 aromatic rings. The number of hydrogen-bond acceptors (Lipinski definition) is 9. The number of halogens is 3. The van der Waals surface area contributed by atoms with Gasteiger partial charge in [0.1, 0.15) is 11.6 Å². The van der Waals surface area contributed by atoms with Gasteiger partial charge in [0, 0.05) is 97.9 Å². The zero-order valence-corrected chi connectivity index (χ0v) is 37.9. The number of rotatable bonds is 12. The fraction of sp³-hybridized carbons (Fsp3) is 0.408. The van der Waals surface area contributed by atoms with Crippen LogP contribution in [-0.4, -0.2) is 84.3 Å². The number of nitrogens with two attached hydrogens (primary N) is 1. The molecular formula is C49H53ClF2N8O6. The van der Waals surface area contributed by atoms with Crippen molar-refractivity contribution in [2.24, 2.45) is 24.6 Å². The highest BCUT2D eigenvalue weighted by Crippen LogP contribution is 2.56. The van der Waals surface area contributed by atoms with Crippen molar-refractivity contribution in [3.8, 4) is 22.6 Å². The van der Waals surface area contributed by atoms with E-state index in [0.717, 1.165) is 67.2 Å². The molecule has 4 aromatic carbocycles. The maximum Gasteiger partial charge on any atom is 0.329 e. The molecule has 4 heterocycles. The molecule has 3 aliphatic heterocycles. The largest absolute Gasteiger partial charge is 0.494 e. The van der Waals surface area contributed by atoms with Crippen molar-refractivity contribution in [1.82, 2.24) is 25.3 Å². The van der Waals surface area contributed by atoms with Crippen LogP contribution < -0.4 is 36.1 Å². The molecule has 1 saturated carbocycles. The van der Waals surface area contributed by atoms with E-state index in [9.17, 15) is 19.2 Å². The van der Waals surface area contributed by atoms with Crippen molar-refractivity contribution >= 4 is 57.8 Å². The second kappa shape index (κ2) is 18.2. The number of methoxy groups -OCH3 is 1. The fourth-order valence-electron chi connectivity index (χ4n) is 10.4. The highest BCUT2D eigenvalue weighted by molar-refractivity contribution is 6.34. The SMILES string of the molecule is COc1ccc(C(N)=O)c(-c2c(Cl)c(F)cc3c2[C@H](C)[C@@](CNC2CCC(C(=O)N4CCC(CNc5ccc6c(N7CCC(=O)NC7=O)nn(C)c6c5)CC4)CC2)(c2ccccc2)O3)c1F. The summed E-state index contributed by atoms with van der Waals surface area (Å²) in [6.07, 6.45) is 5.04. The van der Waals surface area contributed by atoms with Crippen LogP contribution in [0.2, 0.25) is 5.02 Å². The number of nitrogens with one attached hydrogen (secondary N) is 3. The number of carbonyl (C=O) groups is 4. The van der Waals surface area contributed by atoms with Crippen molar-refractivity contribution in [2.45, 2.75) is 69.4 Å². The summed E-state index contributed by atoms with van der Waals surface area (Å²) in [7, 11) is 3.13. The van der Waals surface area contributed by atoms with Crippen LogP contribution in [0.1, 0.15) is 79.3 Å². The van der Waals surface area contributed by atoms with E-state index >= 15 is 8.78 Å². The van der Waals surface area contributed by atoms with Crippen molar-refractivity contribution in [2.75, 3.05) is 50.1 Å². The minimum absolute atomic E-state index is 0.00812. The van der Waals surface area contributed by atoms with E-state index < -0.39 is 35.1 Å². The first kappa shape index (κ1) is 44.9. The summed E-state index contributed by atoms with van der Waals surface area (Å²) in [5.41, 5.74) is 7.31. The lowest BCUT2D eigenvalue weighted by Crippen LogP contribution is -2.49. The van der Waals surface area contributed by atoms with Crippen molar-refractivity contribution < 1.29 is 37.4 Å². The minimum Gasteiger partial charge on any atom is -0.494 e. The monoisotopic (exact) mass is 922 g/mol. The van der Waals surface area contributed by atoms with E-state index in [1.165, 1.54) is 30.2 Å². The Kier molecular flexibility index (Phi) is 12.4.